The van der Waals surface area contributed by atoms with Gasteiger partial charge in [-0.15, -0.1) is 11.3 Å². The van der Waals surface area contributed by atoms with E-state index in [4.69, 9.17) is 0 Å². The van der Waals surface area contributed by atoms with Crippen LogP contribution in [0.25, 0.3) is 0 Å². The topological polar surface area (TPSA) is 75.3 Å². The van der Waals surface area contributed by atoms with Gasteiger partial charge >= 0.3 is 0 Å². The number of anilines is 1. The molecule has 1 atom stereocenters. The summed E-state index contributed by atoms with van der Waals surface area (Å²) in [4.78, 5) is 14.0. The van der Waals surface area contributed by atoms with Gasteiger partial charge in [-0.2, -0.15) is 0 Å². The van der Waals surface area contributed by atoms with Crippen LogP contribution in [0.15, 0.2) is 64.9 Å². The van der Waals surface area contributed by atoms with Gasteiger partial charge in [0.25, 0.3) is 15.9 Å². The summed E-state index contributed by atoms with van der Waals surface area (Å²) in [6.07, 6.45) is 0.769. The SMILES string of the molecule is CCC(NC(=O)c1cccc(NS(=O)(=O)c2cc(C)ccc2C)c1)c1cccs1. The van der Waals surface area contributed by atoms with Gasteiger partial charge in [0.1, 0.15) is 0 Å². The molecule has 1 heterocycles. The summed E-state index contributed by atoms with van der Waals surface area (Å²) in [7, 11) is -3.75. The Morgan fingerprint density at radius 3 is 2.55 bits per heavy atom. The highest BCUT2D eigenvalue weighted by Crippen LogP contribution is 2.24. The lowest BCUT2D eigenvalue weighted by molar-refractivity contribution is 0.0936. The van der Waals surface area contributed by atoms with Gasteiger partial charge in [-0.05, 0) is 67.1 Å². The zero-order valence-corrected chi connectivity index (χ0v) is 18.2. The Balaban J connectivity index is 1.80. The molecule has 1 unspecified atom stereocenters. The van der Waals surface area contributed by atoms with Crippen molar-refractivity contribution in [2.24, 2.45) is 0 Å². The number of carbonyl (C=O) groups excluding carboxylic acids is 1. The van der Waals surface area contributed by atoms with E-state index in [2.05, 4.69) is 10.0 Å². The van der Waals surface area contributed by atoms with Crippen LogP contribution in [0.4, 0.5) is 5.69 Å². The largest absolute Gasteiger partial charge is 0.344 e. The van der Waals surface area contributed by atoms with Gasteiger partial charge in [-0.3, -0.25) is 9.52 Å². The van der Waals surface area contributed by atoms with Gasteiger partial charge in [0, 0.05) is 16.1 Å². The minimum absolute atomic E-state index is 0.0715. The molecular weight excluding hydrogens is 404 g/mol. The summed E-state index contributed by atoms with van der Waals surface area (Å²) in [6.45, 7) is 5.62. The number of amides is 1. The van der Waals surface area contributed by atoms with Crippen molar-refractivity contribution < 1.29 is 13.2 Å². The molecule has 0 saturated heterocycles. The van der Waals surface area contributed by atoms with Crippen LogP contribution in [0.1, 0.15) is 45.7 Å². The number of rotatable bonds is 7. The van der Waals surface area contributed by atoms with E-state index in [-0.39, 0.29) is 16.8 Å². The van der Waals surface area contributed by atoms with E-state index in [0.29, 0.717) is 16.8 Å². The number of sulfonamides is 1. The van der Waals surface area contributed by atoms with Crippen molar-refractivity contribution in [3.05, 3.63) is 81.5 Å². The van der Waals surface area contributed by atoms with E-state index in [1.165, 1.54) is 0 Å². The Morgan fingerprint density at radius 1 is 1.07 bits per heavy atom. The van der Waals surface area contributed by atoms with Crippen LogP contribution in [0.5, 0.6) is 0 Å². The first-order valence-corrected chi connectivity index (χ1v) is 11.7. The number of hydrogen-bond acceptors (Lipinski definition) is 4. The van der Waals surface area contributed by atoms with Gasteiger partial charge in [0.05, 0.1) is 10.9 Å². The first-order valence-electron chi connectivity index (χ1n) is 9.34. The Hall–Kier alpha value is -2.64. The van der Waals surface area contributed by atoms with E-state index in [0.717, 1.165) is 16.9 Å². The Labute approximate surface area is 175 Å². The highest BCUT2D eigenvalue weighted by atomic mass is 32.2. The molecule has 152 valence electrons. The fraction of sp³-hybridized carbons (Fsp3) is 0.227. The third-order valence-corrected chi connectivity index (χ3v) is 7.12. The van der Waals surface area contributed by atoms with Crippen molar-refractivity contribution >= 4 is 33.0 Å². The smallest absolute Gasteiger partial charge is 0.262 e. The van der Waals surface area contributed by atoms with Crippen molar-refractivity contribution in [3.63, 3.8) is 0 Å². The molecule has 1 aromatic heterocycles. The first-order chi connectivity index (χ1) is 13.8. The molecule has 0 aliphatic heterocycles. The lowest BCUT2D eigenvalue weighted by atomic mass is 10.1. The third kappa shape index (κ3) is 5.05. The zero-order valence-electron chi connectivity index (χ0n) is 16.6. The van der Waals surface area contributed by atoms with Gasteiger partial charge < -0.3 is 5.32 Å². The number of benzene rings is 2. The van der Waals surface area contributed by atoms with Crippen molar-refractivity contribution in [3.8, 4) is 0 Å². The minimum atomic E-state index is -3.75. The molecule has 7 heteroatoms. The van der Waals surface area contributed by atoms with Crippen LogP contribution < -0.4 is 10.0 Å². The second-order valence-corrected chi connectivity index (χ2v) is 9.54. The summed E-state index contributed by atoms with van der Waals surface area (Å²) < 4.78 is 28.2. The maximum Gasteiger partial charge on any atom is 0.262 e. The standard InChI is InChI=1S/C22H24N2O3S2/c1-4-19(20-9-6-12-28-20)23-22(25)17-7-5-8-18(14-17)24-29(26,27)21-13-15(2)10-11-16(21)3/h5-14,19,24H,4H2,1-3H3,(H,23,25). The molecule has 3 rings (SSSR count). The molecule has 5 nitrogen and oxygen atoms in total. The second kappa shape index (κ2) is 8.80. The fourth-order valence-corrected chi connectivity index (χ4v) is 5.28. The van der Waals surface area contributed by atoms with Crippen LogP contribution in [-0.4, -0.2) is 14.3 Å². The maximum absolute atomic E-state index is 12.8. The van der Waals surface area contributed by atoms with E-state index >= 15 is 0 Å². The predicted molar refractivity (Wildman–Crippen MR) is 118 cm³/mol. The van der Waals surface area contributed by atoms with Crippen molar-refractivity contribution in [2.45, 2.75) is 38.1 Å². The normalized spacial score (nSPS) is 12.4. The van der Waals surface area contributed by atoms with Crippen molar-refractivity contribution in [1.82, 2.24) is 5.32 Å². The molecule has 0 spiro atoms. The summed E-state index contributed by atoms with van der Waals surface area (Å²) in [5.41, 5.74) is 2.28. The lowest BCUT2D eigenvalue weighted by Gasteiger charge is -2.16. The molecular formula is C22H24N2O3S2. The Morgan fingerprint density at radius 2 is 1.86 bits per heavy atom. The molecule has 0 fully saturated rings. The van der Waals surface area contributed by atoms with Gasteiger partial charge in [-0.1, -0.05) is 31.2 Å². The zero-order chi connectivity index (χ0) is 21.0. The Kier molecular flexibility index (Phi) is 6.39. The molecule has 2 N–H and O–H groups in total. The predicted octanol–water partition coefficient (Wildman–Crippen LogP) is 5.05. The fourth-order valence-electron chi connectivity index (χ4n) is 3.04. The molecule has 29 heavy (non-hydrogen) atoms. The van der Waals surface area contributed by atoms with Crippen LogP contribution in [0.3, 0.4) is 0 Å². The molecule has 2 aromatic carbocycles. The van der Waals surface area contributed by atoms with Crippen molar-refractivity contribution in [2.75, 3.05) is 4.72 Å². The number of carbonyl (C=O) groups is 1. The van der Waals surface area contributed by atoms with Gasteiger partial charge in [0.2, 0.25) is 0 Å². The summed E-state index contributed by atoms with van der Waals surface area (Å²) in [5, 5.41) is 5.00. The first kappa shape index (κ1) is 21.1. The number of hydrogen-bond donors (Lipinski definition) is 2. The van der Waals surface area contributed by atoms with Crippen LogP contribution in [0, 0.1) is 13.8 Å². The van der Waals surface area contributed by atoms with Crippen LogP contribution >= 0.6 is 11.3 Å². The molecule has 0 aliphatic carbocycles. The van der Waals surface area contributed by atoms with Gasteiger partial charge in [0.15, 0.2) is 0 Å². The molecule has 1 amide bonds. The number of nitrogens with one attached hydrogen (secondary N) is 2. The molecule has 0 aliphatic rings. The van der Waals surface area contributed by atoms with Gasteiger partial charge in [-0.25, -0.2) is 8.42 Å². The lowest BCUT2D eigenvalue weighted by Crippen LogP contribution is -2.27. The van der Waals surface area contributed by atoms with E-state index in [1.807, 2.05) is 37.4 Å². The van der Waals surface area contributed by atoms with E-state index in [1.54, 1.807) is 54.7 Å². The summed E-state index contributed by atoms with van der Waals surface area (Å²) >= 11 is 1.60. The quantitative estimate of drug-likeness (QED) is 0.553. The summed E-state index contributed by atoms with van der Waals surface area (Å²) in [6, 6.07) is 15.7. The molecule has 0 radical (unpaired) electrons. The molecule has 3 aromatic rings. The average Bonchev–Trinajstić information content (AvgIpc) is 3.22. The highest BCUT2D eigenvalue weighted by molar-refractivity contribution is 7.92. The van der Waals surface area contributed by atoms with E-state index in [9.17, 15) is 13.2 Å². The monoisotopic (exact) mass is 428 g/mol. The molecule has 0 bridgehead atoms. The van der Waals surface area contributed by atoms with Crippen LogP contribution in [-0.2, 0) is 10.0 Å². The van der Waals surface area contributed by atoms with Crippen molar-refractivity contribution in [1.29, 1.82) is 0 Å². The highest BCUT2D eigenvalue weighted by Gasteiger charge is 2.19. The third-order valence-electron chi connectivity index (χ3n) is 4.61. The second-order valence-electron chi connectivity index (χ2n) is 6.90. The minimum Gasteiger partial charge on any atom is -0.344 e. The van der Waals surface area contributed by atoms with Crippen LogP contribution in [0.2, 0.25) is 0 Å². The van der Waals surface area contributed by atoms with E-state index < -0.39 is 10.0 Å². The maximum atomic E-state index is 12.8. The Bertz CT molecular complexity index is 1110. The molecule has 0 saturated carbocycles. The number of aryl methyl sites for hydroxylation is 2. The number of thiophene rings is 1. The summed E-state index contributed by atoms with van der Waals surface area (Å²) in [5.74, 6) is -0.238. The average molecular weight is 429 g/mol.